The fourth-order valence-corrected chi connectivity index (χ4v) is 1.85. The molecule has 2 heterocycles. The first kappa shape index (κ1) is 14.0. The fraction of sp³-hybridized carbons (Fsp3) is 0.636. The highest BCUT2D eigenvalue weighted by Gasteiger charge is 2.32. The van der Waals surface area contributed by atoms with Gasteiger partial charge in [0.2, 0.25) is 0 Å². The van der Waals surface area contributed by atoms with Crippen molar-refractivity contribution in [1.29, 1.82) is 0 Å². The second kappa shape index (κ2) is 6.16. The highest BCUT2D eigenvalue weighted by molar-refractivity contribution is 5.33. The number of anilines is 1. The number of piperazine rings is 1. The molecule has 0 atom stereocenters. The van der Waals surface area contributed by atoms with E-state index in [1.54, 1.807) is 0 Å². The molecule has 0 radical (unpaired) electrons. The Morgan fingerprint density at radius 1 is 1.21 bits per heavy atom. The van der Waals surface area contributed by atoms with E-state index in [4.69, 9.17) is 0 Å². The van der Waals surface area contributed by atoms with Crippen LogP contribution in [-0.2, 0) is 6.18 Å². The zero-order valence-electron chi connectivity index (χ0n) is 10.4. The molecule has 1 aromatic heterocycles. The van der Waals surface area contributed by atoms with Gasteiger partial charge in [-0.3, -0.25) is 4.90 Å². The maximum atomic E-state index is 12.3. The lowest BCUT2D eigenvalue weighted by molar-refractivity contribution is -0.141. The maximum absolute atomic E-state index is 12.3. The van der Waals surface area contributed by atoms with Crippen LogP contribution in [-0.4, -0.2) is 54.4 Å². The first-order valence-electron chi connectivity index (χ1n) is 6.13. The Labute approximate surface area is 109 Å². The molecule has 0 unspecified atom stereocenters. The molecule has 1 saturated heterocycles. The molecule has 8 heteroatoms. The standard InChI is InChI=1S/C11H16F3N5/c12-11(13,14)9-1-2-10(18-17-9)16-5-8-19-6-3-15-4-7-19/h1-2,15H,3-8H2,(H,16,18). The van der Waals surface area contributed by atoms with Gasteiger partial charge < -0.3 is 10.6 Å². The van der Waals surface area contributed by atoms with Crippen molar-refractivity contribution in [1.82, 2.24) is 20.4 Å². The van der Waals surface area contributed by atoms with Crippen molar-refractivity contribution in [2.24, 2.45) is 0 Å². The molecule has 2 rings (SSSR count). The number of rotatable bonds is 4. The van der Waals surface area contributed by atoms with Gasteiger partial charge in [0.05, 0.1) is 0 Å². The average molecular weight is 275 g/mol. The zero-order valence-corrected chi connectivity index (χ0v) is 10.4. The minimum Gasteiger partial charge on any atom is -0.367 e. The molecule has 1 aliphatic heterocycles. The average Bonchev–Trinajstić information content (AvgIpc) is 2.39. The number of hydrogen-bond donors (Lipinski definition) is 2. The number of nitrogens with zero attached hydrogens (tertiary/aromatic N) is 3. The predicted octanol–water partition coefficient (Wildman–Crippen LogP) is 0.812. The SMILES string of the molecule is FC(F)(F)c1ccc(NCCN2CCNCC2)nn1. The zero-order chi connectivity index (χ0) is 13.7. The first-order chi connectivity index (χ1) is 9.05. The molecule has 0 saturated carbocycles. The van der Waals surface area contributed by atoms with Gasteiger partial charge in [0.1, 0.15) is 5.82 Å². The van der Waals surface area contributed by atoms with E-state index in [-0.39, 0.29) is 0 Å². The molecule has 1 aromatic rings. The van der Waals surface area contributed by atoms with E-state index < -0.39 is 11.9 Å². The van der Waals surface area contributed by atoms with Crippen LogP contribution in [0.3, 0.4) is 0 Å². The Morgan fingerprint density at radius 3 is 2.53 bits per heavy atom. The van der Waals surface area contributed by atoms with Gasteiger partial charge in [0, 0.05) is 39.3 Å². The summed E-state index contributed by atoms with van der Waals surface area (Å²) in [5, 5.41) is 12.9. The third-order valence-corrected chi connectivity index (χ3v) is 2.90. The third kappa shape index (κ3) is 4.32. The summed E-state index contributed by atoms with van der Waals surface area (Å²) in [7, 11) is 0. The molecule has 5 nitrogen and oxygen atoms in total. The van der Waals surface area contributed by atoms with Gasteiger partial charge in [-0.25, -0.2) is 0 Å². The maximum Gasteiger partial charge on any atom is 0.435 e. The molecule has 0 amide bonds. The topological polar surface area (TPSA) is 53.1 Å². The summed E-state index contributed by atoms with van der Waals surface area (Å²) in [4.78, 5) is 2.28. The molecule has 106 valence electrons. The van der Waals surface area contributed by atoms with Crippen LogP contribution >= 0.6 is 0 Å². The largest absolute Gasteiger partial charge is 0.435 e. The van der Waals surface area contributed by atoms with Crippen molar-refractivity contribution in [3.63, 3.8) is 0 Å². The number of aromatic nitrogens is 2. The minimum absolute atomic E-state index is 0.364. The number of nitrogens with one attached hydrogen (secondary N) is 2. The van der Waals surface area contributed by atoms with E-state index >= 15 is 0 Å². The van der Waals surface area contributed by atoms with Crippen molar-refractivity contribution in [2.45, 2.75) is 6.18 Å². The van der Waals surface area contributed by atoms with Gasteiger partial charge in [-0.1, -0.05) is 0 Å². The van der Waals surface area contributed by atoms with Crippen LogP contribution in [0.25, 0.3) is 0 Å². The molecule has 19 heavy (non-hydrogen) atoms. The van der Waals surface area contributed by atoms with Crippen molar-refractivity contribution in [3.05, 3.63) is 17.8 Å². The monoisotopic (exact) mass is 275 g/mol. The molecule has 0 aliphatic carbocycles. The lowest BCUT2D eigenvalue weighted by atomic mass is 10.3. The second-order valence-electron chi connectivity index (χ2n) is 4.32. The van der Waals surface area contributed by atoms with Gasteiger partial charge in [0.25, 0.3) is 0 Å². The van der Waals surface area contributed by atoms with E-state index in [9.17, 15) is 13.2 Å². The lowest BCUT2D eigenvalue weighted by Gasteiger charge is -2.27. The number of halogens is 3. The van der Waals surface area contributed by atoms with Crippen LogP contribution in [0.1, 0.15) is 5.69 Å². The van der Waals surface area contributed by atoms with Crippen LogP contribution < -0.4 is 10.6 Å². The van der Waals surface area contributed by atoms with Crippen LogP contribution in [0.5, 0.6) is 0 Å². The summed E-state index contributed by atoms with van der Waals surface area (Å²) in [6.07, 6.45) is -4.44. The van der Waals surface area contributed by atoms with Crippen molar-refractivity contribution >= 4 is 5.82 Å². The molecule has 1 fully saturated rings. The second-order valence-corrected chi connectivity index (χ2v) is 4.32. The quantitative estimate of drug-likeness (QED) is 0.852. The molecule has 0 spiro atoms. The summed E-state index contributed by atoms with van der Waals surface area (Å²) >= 11 is 0. The van der Waals surface area contributed by atoms with Gasteiger partial charge in [-0.05, 0) is 12.1 Å². The van der Waals surface area contributed by atoms with Crippen LogP contribution in [0.15, 0.2) is 12.1 Å². The van der Waals surface area contributed by atoms with E-state index in [1.807, 2.05) is 0 Å². The molecular formula is C11H16F3N5. The van der Waals surface area contributed by atoms with Gasteiger partial charge in [0.15, 0.2) is 5.69 Å². The fourth-order valence-electron chi connectivity index (χ4n) is 1.85. The summed E-state index contributed by atoms with van der Waals surface area (Å²) < 4.78 is 36.8. The summed E-state index contributed by atoms with van der Waals surface area (Å²) in [5.41, 5.74) is -0.972. The minimum atomic E-state index is -4.44. The molecule has 1 aliphatic rings. The predicted molar refractivity (Wildman–Crippen MR) is 64.8 cm³/mol. The molecule has 0 bridgehead atoms. The van der Waals surface area contributed by atoms with Crippen LogP contribution in [0.4, 0.5) is 19.0 Å². The van der Waals surface area contributed by atoms with E-state index in [1.165, 1.54) is 6.07 Å². The summed E-state index contributed by atoms with van der Waals surface area (Å²) in [6, 6.07) is 2.23. The van der Waals surface area contributed by atoms with Gasteiger partial charge in [-0.2, -0.15) is 13.2 Å². The lowest BCUT2D eigenvalue weighted by Crippen LogP contribution is -2.45. The van der Waals surface area contributed by atoms with E-state index in [2.05, 4.69) is 25.7 Å². The Balaban J connectivity index is 1.76. The Bertz CT molecular complexity index is 386. The Kier molecular flexibility index (Phi) is 4.54. The van der Waals surface area contributed by atoms with Crippen LogP contribution in [0, 0.1) is 0 Å². The van der Waals surface area contributed by atoms with Gasteiger partial charge in [-0.15, -0.1) is 10.2 Å². The highest BCUT2D eigenvalue weighted by Crippen LogP contribution is 2.26. The molecule has 2 N–H and O–H groups in total. The van der Waals surface area contributed by atoms with Crippen molar-refractivity contribution in [3.8, 4) is 0 Å². The summed E-state index contributed by atoms with van der Waals surface area (Å²) in [6.45, 7) is 5.39. The highest BCUT2D eigenvalue weighted by atomic mass is 19.4. The van der Waals surface area contributed by atoms with E-state index in [0.717, 1.165) is 38.8 Å². The first-order valence-corrected chi connectivity index (χ1v) is 6.13. The van der Waals surface area contributed by atoms with Crippen molar-refractivity contribution in [2.75, 3.05) is 44.6 Å². The van der Waals surface area contributed by atoms with Crippen LogP contribution in [0.2, 0.25) is 0 Å². The van der Waals surface area contributed by atoms with Gasteiger partial charge >= 0.3 is 6.18 Å². The Morgan fingerprint density at radius 2 is 1.95 bits per heavy atom. The number of hydrogen-bond acceptors (Lipinski definition) is 5. The Hall–Kier alpha value is -1.41. The molecule has 0 aromatic carbocycles. The normalized spacial score (nSPS) is 17.4. The molecular weight excluding hydrogens is 259 g/mol. The number of alkyl halides is 3. The summed E-state index contributed by atoms with van der Waals surface area (Å²) in [5.74, 6) is 0.364. The van der Waals surface area contributed by atoms with Crippen molar-refractivity contribution < 1.29 is 13.2 Å². The third-order valence-electron chi connectivity index (χ3n) is 2.90. The smallest absolute Gasteiger partial charge is 0.367 e. The van der Waals surface area contributed by atoms with E-state index in [0.29, 0.717) is 12.4 Å².